The smallest absolute Gasteiger partial charge is 0.191 e. The van der Waals surface area contributed by atoms with Gasteiger partial charge in [-0.05, 0) is 24.6 Å². The van der Waals surface area contributed by atoms with Crippen molar-refractivity contribution >= 4 is 8.32 Å². The average molecular weight is 216 g/mol. The summed E-state index contributed by atoms with van der Waals surface area (Å²) in [4.78, 5) is 0. The highest BCUT2D eigenvalue weighted by Crippen LogP contribution is 2.36. The lowest BCUT2D eigenvalue weighted by Crippen LogP contribution is -2.41. The van der Waals surface area contributed by atoms with E-state index in [9.17, 15) is 5.11 Å². The zero-order valence-electron chi connectivity index (χ0n) is 10.1. The molecule has 14 heavy (non-hydrogen) atoms. The second-order valence-electron chi connectivity index (χ2n) is 5.20. The van der Waals surface area contributed by atoms with Crippen molar-refractivity contribution in [1.29, 1.82) is 0 Å². The van der Waals surface area contributed by atoms with Crippen LogP contribution in [0.25, 0.3) is 0 Å². The van der Waals surface area contributed by atoms with Crippen LogP contribution in [0.4, 0.5) is 0 Å². The quantitative estimate of drug-likeness (QED) is 0.565. The van der Waals surface area contributed by atoms with Crippen LogP contribution in [0.15, 0.2) is 12.7 Å². The molecule has 0 amide bonds. The van der Waals surface area contributed by atoms with Gasteiger partial charge in [-0.2, -0.15) is 0 Å². The summed E-state index contributed by atoms with van der Waals surface area (Å²) < 4.78 is 5.90. The molecule has 0 aliphatic carbocycles. The van der Waals surface area contributed by atoms with Gasteiger partial charge in [-0.3, -0.25) is 0 Å². The van der Waals surface area contributed by atoms with Gasteiger partial charge in [0.05, 0.1) is 6.10 Å². The van der Waals surface area contributed by atoms with E-state index in [2.05, 4.69) is 40.4 Å². The molecule has 0 unspecified atom stereocenters. The average Bonchev–Trinajstić information content (AvgIpc) is 2.01. The fraction of sp³-hybridized carbons (Fsp3) is 0.818. The third-order valence-electron chi connectivity index (χ3n) is 2.95. The molecule has 0 aromatic rings. The van der Waals surface area contributed by atoms with E-state index in [1.54, 1.807) is 6.08 Å². The largest absolute Gasteiger partial charge is 0.417 e. The maximum atomic E-state index is 9.27. The second kappa shape index (κ2) is 5.10. The van der Waals surface area contributed by atoms with Gasteiger partial charge >= 0.3 is 0 Å². The van der Waals surface area contributed by atoms with Crippen molar-refractivity contribution in [3.8, 4) is 0 Å². The minimum atomic E-state index is -1.63. The van der Waals surface area contributed by atoms with E-state index in [-0.39, 0.29) is 5.04 Å². The summed E-state index contributed by atoms with van der Waals surface area (Å²) >= 11 is 0. The summed E-state index contributed by atoms with van der Waals surface area (Å²) in [5.41, 5.74) is 0. The van der Waals surface area contributed by atoms with Gasteiger partial charge in [-0.25, -0.2) is 0 Å². The van der Waals surface area contributed by atoms with Crippen LogP contribution < -0.4 is 0 Å². The van der Waals surface area contributed by atoms with Crippen molar-refractivity contribution in [2.45, 2.75) is 51.4 Å². The molecule has 1 atom stereocenters. The van der Waals surface area contributed by atoms with Crippen molar-refractivity contribution in [2.24, 2.45) is 0 Å². The Kier molecular flexibility index (Phi) is 5.05. The Balaban J connectivity index is 3.95. The first-order valence-corrected chi connectivity index (χ1v) is 8.06. The molecule has 84 valence electrons. The molecule has 0 radical (unpaired) electrons. The van der Waals surface area contributed by atoms with Gasteiger partial charge in [0.1, 0.15) is 0 Å². The molecule has 0 aromatic heterocycles. The molecule has 0 bridgehead atoms. The highest BCUT2D eigenvalue weighted by atomic mass is 28.4. The molecule has 0 aliphatic heterocycles. The van der Waals surface area contributed by atoms with Crippen LogP contribution in [0.3, 0.4) is 0 Å². The standard InChI is InChI=1S/C11H24O2Si/c1-7-10(12)8-9-13-14(5,6)11(2,3)4/h7,10,12H,1,8-9H2,2-6H3/t10-/m1/s1. The fourth-order valence-electron chi connectivity index (χ4n) is 0.769. The van der Waals surface area contributed by atoms with E-state index in [0.29, 0.717) is 13.0 Å². The van der Waals surface area contributed by atoms with Gasteiger partial charge in [0, 0.05) is 6.61 Å². The van der Waals surface area contributed by atoms with Crippen LogP contribution in [-0.2, 0) is 4.43 Å². The highest BCUT2D eigenvalue weighted by Gasteiger charge is 2.36. The van der Waals surface area contributed by atoms with Crippen molar-refractivity contribution in [3.05, 3.63) is 12.7 Å². The summed E-state index contributed by atoms with van der Waals surface area (Å²) in [7, 11) is -1.63. The third-order valence-corrected chi connectivity index (χ3v) is 7.49. The summed E-state index contributed by atoms with van der Waals surface area (Å²) in [5.74, 6) is 0. The minimum absolute atomic E-state index is 0.242. The third kappa shape index (κ3) is 4.40. The Morgan fingerprint density at radius 1 is 1.43 bits per heavy atom. The number of rotatable bonds is 5. The topological polar surface area (TPSA) is 29.5 Å². The Bertz CT molecular complexity index is 182. The van der Waals surface area contributed by atoms with Crippen LogP contribution in [0.2, 0.25) is 18.1 Å². The van der Waals surface area contributed by atoms with E-state index < -0.39 is 14.4 Å². The summed E-state index contributed by atoms with van der Waals surface area (Å²) in [6.45, 7) is 15.2. The van der Waals surface area contributed by atoms with Crippen molar-refractivity contribution in [3.63, 3.8) is 0 Å². The van der Waals surface area contributed by atoms with Gasteiger partial charge in [-0.15, -0.1) is 6.58 Å². The Morgan fingerprint density at radius 3 is 2.29 bits per heavy atom. The second-order valence-corrected chi connectivity index (χ2v) is 10.0. The zero-order valence-corrected chi connectivity index (χ0v) is 11.1. The molecule has 0 fully saturated rings. The lowest BCUT2D eigenvalue weighted by atomic mass is 10.2. The molecule has 3 heteroatoms. The van der Waals surface area contributed by atoms with Crippen molar-refractivity contribution in [2.75, 3.05) is 6.61 Å². The van der Waals surface area contributed by atoms with Crippen LogP contribution in [0, 0.1) is 0 Å². The monoisotopic (exact) mass is 216 g/mol. The summed E-state index contributed by atoms with van der Waals surface area (Å²) in [5, 5.41) is 9.52. The molecular weight excluding hydrogens is 192 g/mol. The van der Waals surface area contributed by atoms with E-state index in [4.69, 9.17) is 4.43 Å². The normalized spacial score (nSPS) is 15.3. The molecule has 0 saturated carbocycles. The SMILES string of the molecule is C=C[C@@H](O)CCO[Si](C)(C)C(C)(C)C. The van der Waals surface area contributed by atoms with Gasteiger partial charge in [0.25, 0.3) is 0 Å². The van der Waals surface area contributed by atoms with Crippen LogP contribution in [0.5, 0.6) is 0 Å². The summed E-state index contributed by atoms with van der Waals surface area (Å²) in [6.07, 6.45) is 1.77. The van der Waals surface area contributed by atoms with Crippen molar-refractivity contribution < 1.29 is 9.53 Å². The molecule has 0 aromatic carbocycles. The fourth-order valence-corrected chi connectivity index (χ4v) is 1.83. The summed E-state index contributed by atoms with van der Waals surface area (Å²) in [6, 6.07) is 0. The van der Waals surface area contributed by atoms with Gasteiger partial charge in [0.2, 0.25) is 0 Å². The van der Waals surface area contributed by atoms with E-state index in [1.165, 1.54) is 0 Å². The predicted molar refractivity (Wildman–Crippen MR) is 64.0 cm³/mol. The molecule has 0 aliphatic rings. The molecule has 2 nitrogen and oxygen atoms in total. The lowest BCUT2D eigenvalue weighted by molar-refractivity contribution is 0.172. The van der Waals surface area contributed by atoms with Gasteiger partial charge < -0.3 is 9.53 Å². The molecule has 0 saturated heterocycles. The Labute approximate surface area is 89.1 Å². The van der Waals surface area contributed by atoms with E-state index >= 15 is 0 Å². The molecule has 1 N–H and O–H groups in total. The predicted octanol–water partition coefficient (Wildman–Crippen LogP) is 2.95. The molecular formula is C11H24O2Si. The van der Waals surface area contributed by atoms with Gasteiger partial charge in [-0.1, -0.05) is 26.8 Å². The van der Waals surface area contributed by atoms with E-state index in [1.807, 2.05) is 0 Å². The molecule has 0 heterocycles. The highest BCUT2D eigenvalue weighted by molar-refractivity contribution is 6.74. The van der Waals surface area contributed by atoms with Crippen molar-refractivity contribution in [1.82, 2.24) is 0 Å². The van der Waals surface area contributed by atoms with Gasteiger partial charge in [0.15, 0.2) is 8.32 Å². The number of aliphatic hydroxyl groups excluding tert-OH is 1. The van der Waals surface area contributed by atoms with Crippen LogP contribution in [-0.4, -0.2) is 26.1 Å². The molecule has 0 rings (SSSR count). The lowest BCUT2D eigenvalue weighted by Gasteiger charge is -2.36. The van der Waals surface area contributed by atoms with E-state index in [0.717, 1.165) is 0 Å². The first-order valence-electron chi connectivity index (χ1n) is 5.15. The number of hydrogen-bond donors (Lipinski definition) is 1. The first kappa shape index (κ1) is 13.9. The number of aliphatic hydroxyl groups is 1. The first-order chi connectivity index (χ1) is 6.20. The maximum absolute atomic E-state index is 9.27. The zero-order chi connectivity index (χ0) is 11.4. The minimum Gasteiger partial charge on any atom is -0.417 e. The van der Waals surface area contributed by atoms with Crippen LogP contribution >= 0.6 is 0 Å². The Morgan fingerprint density at radius 2 is 1.93 bits per heavy atom. The Hall–Kier alpha value is -0.123. The maximum Gasteiger partial charge on any atom is 0.191 e. The molecule has 0 spiro atoms. The number of hydrogen-bond acceptors (Lipinski definition) is 2. The van der Waals surface area contributed by atoms with Crippen LogP contribution in [0.1, 0.15) is 27.2 Å².